The van der Waals surface area contributed by atoms with Crippen LogP contribution in [0.25, 0.3) is 0 Å². The van der Waals surface area contributed by atoms with Crippen LogP contribution in [0.4, 0.5) is 5.69 Å². The van der Waals surface area contributed by atoms with Crippen molar-refractivity contribution in [1.29, 1.82) is 0 Å². The van der Waals surface area contributed by atoms with Gasteiger partial charge in [0.1, 0.15) is 5.75 Å². The number of nitrogens with zero attached hydrogens (tertiary/aromatic N) is 1. The SMILES string of the molecule is C=C(C)[C@H]1CC=C(C)C(=NNC(=O)CNc2ccccc2OC)C1. The Morgan fingerprint density at radius 3 is 2.88 bits per heavy atom. The van der Waals surface area contributed by atoms with Crippen LogP contribution in [0, 0.1) is 5.92 Å². The highest BCUT2D eigenvalue weighted by molar-refractivity contribution is 6.01. The molecule has 0 saturated carbocycles. The second-order valence-electron chi connectivity index (χ2n) is 6.02. The van der Waals surface area contributed by atoms with Crippen molar-refractivity contribution in [2.45, 2.75) is 26.7 Å². The molecular formula is C19H25N3O2. The molecule has 0 bridgehead atoms. The van der Waals surface area contributed by atoms with Gasteiger partial charge in [0, 0.05) is 0 Å². The van der Waals surface area contributed by atoms with Gasteiger partial charge in [0.15, 0.2) is 0 Å². The van der Waals surface area contributed by atoms with Crippen LogP contribution >= 0.6 is 0 Å². The van der Waals surface area contributed by atoms with Crippen molar-refractivity contribution in [3.8, 4) is 5.75 Å². The average Bonchev–Trinajstić information content (AvgIpc) is 2.59. The largest absolute Gasteiger partial charge is 0.495 e. The molecule has 5 heteroatoms. The van der Waals surface area contributed by atoms with Crippen LogP contribution in [0.2, 0.25) is 0 Å². The van der Waals surface area contributed by atoms with Gasteiger partial charge < -0.3 is 10.1 Å². The first-order chi connectivity index (χ1) is 11.5. The van der Waals surface area contributed by atoms with E-state index < -0.39 is 0 Å². The van der Waals surface area contributed by atoms with E-state index in [0.29, 0.717) is 11.7 Å². The molecule has 1 atom stereocenters. The molecule has 24 heavy (non-hydrogen) atoms. The molecule has 1 aliphatic rings. The van der Waals surface area contributed by atoms with Gasteiger partial charge in [0.25, 0.3) is 5.91 Å². The molecule has 0 spiro atoms. The minimum absolute atomic E-state index is 0.129. The van der Waals surface area contributed by atoms with Crippen LogP contribution in [0.15, 0.2) is 53.2 Å². The maximum absolute atomic E-state index is 12.0. The number of benzene rings is 1. The van der Waals surface area contributed by atoms with Crippen LogP contribution in [0.3, 0.4) is 0 Å². The van der Waals surface area contributed by atoms with E-state index in [4.69, 9.17) is 4.74 Å². The average molecular weight is 327 g/mol. The summed E-state index contributed by atoms with van der Waals surface area (Å²) >= 11 is 0. The zero-order valence-electron chi connectivity index (χ0n) is 14.6. The second-order valence-corrected chi connectivity index (χ2v) is 6.02. The first-order valence-electron chi connectivity index (χ1n) is 8.06. The van der Waals surface area contributed by atoms with Gasteiger partial charge in [-0.1, -0.05) is 30.4 Å². The third-order valence-electron chi connectivity index (χ3n) is 4.16. The third-order valence-corrected chi connectivity index (χ3v) is 4.16. The van der Waals surface area contributed by atoms with Gasteiger partial charge in [0.05, 0.1) is 25.1 Å². The Kier molecular flexibility index (Phi) is 6.18. The van der Waals surface area contributed by atoms with Crippen LogP contribution in [-0.4, -0.2) is 25.3 Å². The van der Waals surface area contributed by atoms with Crippen molar-refractivity contribution in [2.75, 3.05) is 19.0 Å². The van der Waals surface area contributed by atoms with Crippen molar-refractivity contribution >= 4 is 17.3 Å². The van der Waals surface area contributed by atoms with Crippen molar-refractivity contribution < 1.29 is 9.53 Å². The molecule has 0 saturated heterocycles. The Bertz CT molecular complexity index is 677. The molecule has 0 fully saturated rings. The number of amides is 1. The Balaban J connectivity index is 1.91. The van der Waals surface area contributed by atoms with Crippen LogP contribution in [0.1, 0.15) is 26.7 Å². The Hall–Kier alpha value is -2.56. The van der Waals surface area contributed by atoms with Gasteiger partial charge in [-0.3, -0.25) is 4.79 Å². The molecular weight excluding hydrogens is 302 g/mol. The molecule has 1 aromatic carbocycles. The molecule has 0 aliphatic heterocycles. The summed E-state index contributed by atoms with van der Waals surface area (Å²) in [5.74, 6) is 0.904. The summed E-state index contributed by atoms with van der Waals surface area (Å²) in [6.45, 7) is 8.20. The molecule has 128 valence electrons. The summed E-state index contributed by atoms with van der Waals surface area (Å²) in [7, 11) is 1.60. The summed E-state index contributed by atoms with van der Waals surface area (Å²) in [4.78, 5) is 12.0. The lowest BCUT2D eigenvalue weighted by molar-refractivity contribution is -0.119. The minimum Gasteiger partial charge on any atom is -0.495 e. The maximum atomic E-state index is 12.0. The number of nitrogens with one attached hydrogen (secondary N) is 2. The van der Waals surface area contributed by atoms with E-state index in [2.05, 4.69) is 28.5 Å². The molecule has 2 N–H and O–H groups in total. The van der Waals surface area contributed by atoms with Crippen LogP contribution in [-0.2, 0) is 4.79 Å². The molecule has 2 rings (SSSR count). The zero-order valence-corrected chi connectivity index (χ0v) is 14.6. The summed E-state index contributed by atoms with van der Waals surface area (Å²) in [5.41, 5.74) is 6.58. The number of methoxy groups -OCH3 is 1. The third kappa shape index (κ3) is 4.72. The normalized spacial score (nSPS) is 18.7. The second kappa shape index (κ2) is 8.34. The van der Waals surface area contributed by atoms with Gasteiger partial charge in [-0.25, -0.2) is 5.43 Å². The maximum Gasteiger partial charge on any atom is 0.259 e. The highest BCUT2D eigenvalue weighted by atomic mass is 16.5. The van der Waals surface area contributed by atoms with Gasteiger partial charge in [0.2, 0.25) is 0 Å². The fourth-order valence-electron chi connectivity index (χ4n) is 2.56. The van der Waals surface area contributed by atoms with E-state index >= 15 is 0 Å². The van der Waals surface area contributed by atoms with Crippen LogP contribution < -0.4 is 15.5 Å². The lowest BCUT2D eigenvalue weighted by Gasteiger charge is -2.22. The molecule has 1 aliphatic carbocycles. The van der Waals surface area contributed by atoms with Crippen molar-refractivity contribution in [2.24, 2.45) is 11.0 Å². The number of para-hydroxylation sites is 2. The summed E-state index contributed by atoms with van der Waals surface area (Å²) in [6.07, 6.45) is 3.96. The monoisotopic (exact) mass is 327 g/mol. The highest BCUT2D eigenvalue weighted by Gasteiger charge is 2.18. The quantitative estimate of drug-likeness (QED) is 0.621. The first-order valence-corrected chi connectivity index (χ1v) is 8.06. The Morgan fingerprint density at radius 2 is 2.17 bits per heavy atom. The predicted molar refractivity (Wildman–Crippen MR) is 98.4 cm³/mol. The lowest BCUT2D eigenvalue weighted by atomic mass is 9.85. The highest BCUT2D eigenvalue weighted by Crippen LogP contribution is 2.26. The molecule has 0 radical (unpaired) electrons. The molecule has 0 aromatic heterocycles. The van der Waals surface area contributed by atoms with Crippen molar-refractivity contribution in [1.82, 2.24) is 5.43 Å². The first kappa shape index (κ1) is 17.8. The Labute approximate surface area is 143 Å². The topological polar surface area (TPSA) is 62.7 Å². The summed E-state index contributed by atoms with van der Waals surface area (Å²) < 4.78 is 5.24. The number of carbonyl (C=O) groups is 1. The van der Waals surface area contributed by atoms with E-state index in [1.165, 1.54) is 0 Å². The van der Waals surface area contributed by atoms with E-state index in [9.17, 15) is 4.79 Å². The number of allylic oxidation sites excluding steroid dienone is 3. The molecule has 5 nitrogen and oxygen atoms in total. The molecule has 0 heterocycles. The van der Waals surface area contributed by atoms with Crippen LogP contribution in [0.5, 0.6) is 5.75 Å². The van der Waals surface area contributed by atoms with Gasteiger partial charge in [-0.15, -0.1) is 0 Å². The minimum atomic E-state index is -0.196. The van der Waals surface area contributed by atoms with Crippen molar-refractivity contribution in [3.63, 3.8) is 0 Å². The number of hydrazone groups is 1. The van der Waals surface area contributed by atoms with E-state index in [0.717, 1.165) is 35.4 Å². The number of anilines is 1. The number of ether oxygens (including phenoxy) is 1. The van der Waals surface area contributed by atoms with E-state index in [-0.39, 0.29) is 12.5 Å². The van der Waals surface area contributed by atoms with Gasteiger partial charge in [-0.2, -0.15) is 5.10 Å². The zero-order chi connectivity index (χ0) is 17.5. The van der Waals surface area contributed by atoms with E-state index in [1.807, 2.05) is 38.1 Å². The van der Waals surface area contributed by atoms with Gasteiger partial charge in [-0.05, 0) is 50.3 Å². The molecule has 0 unspecified atom stereocenters. The summed E-state index contributed by atoms with van der Waals surface area (Å²) in [5, 5.41) is 7.34. The summed E-state index contributed by atoms with van der Waals surface area (Å²) in [6, 6.07) is 7.47. The Morgan fingerprint density at radius 1 is 1.42 bits per heavy atom. The predicted octanol–water partition coefficient (Wildman–Crippen LogP) is 3.51. The van der Waals surface area contributed by atoms with Crippen molar-refractivity contribution in [3.05, 3.63) is 48.1 Å². The van der Waals surface area contributed by atoms with Gasteiger partial charge >= 0.3 is 0 Å². The fraction of sp³-hybridized carbons (Fsp3) is 0.368. The molecule has 1 aromatic rings. The number of carbonyl (C=O) groups excluding carboxylic acids is 1. The number of rotatable bonds is 6. The smallest absolute Gasteiger partial charge is 0.259 e. The van der Waals surface area contributed by atoms with E-state index in [1.54, 1.807) is 7.11 Å². The number of hydrogen-bond donors (Lipinski definition) is 2. The number of hydrogen-bond acceptors (Lipinski definition) is 4. The fourth-order valence-corrected chi connectivity index (χ4v) is 2.56. The standard InChI is InChI=1S/C19H25N3O2/c1-13(2)15-10-9-14(3)17(11-15)21-22-19(23)12-20-16-7-5-6-8-18(16)24-4/h5-9,15,20H,1,10-12H2,2-4H3,(H,22,23)/t15-/m0/s1. The lowest BCUT2D eigenvalue weighted by Crippen LogP contribution is -2.28. The molecule has 1 amide bonds.